The van der Waals surface area contributed by atoms with Crippen LogP contribution in [0.3, 0.4) is 0 Å². The maximum Gasteiger partial charge on any atom is 0.255 e. The SMILES string of the molecule is COc1cccc2cc(C(=O)N3CCCN(Cc4ccccn4)CC3)c(C)nc12. The van der Waals surface area contributed by atoms with Crippen molar-refractivity contribution in [3.05, 3.63) is 65.6 Å². The van der Waals surface area contributed by atoms with Crippen LogP contribution in [0.4, 0.5) is 0 Å². The maximum atomic E-state index is 13.3. The van der Waals surface area contributed by atoms with E-state index in [0.29, 0.717) is 12.1 Å². The summed E-state index contributed by atoms with van der Waals surface area (Å²) >= 11 is 0. The molecule has 29 heavy (non-hydrogen) atoms. The molecule has 6 heteroatoms. The Balaban J connectivity index is 1.50. The number of amides is 1. The number of benzene rings is 1. The normalized spacial score (nSPS) is 15.3. The highest BCUT2D eigenvalue weighted by atomic mass is 16.5. The Morgan fingerprint density at radius 1 is 1.10 bits per heavy atom. The van der Waals surface area contributed by atoms with Gasteiger partial charge in [0, 0.05) is 44.3 Å². The van der Waals surface area contributed by atoms with E-state index < -0.39 is 0 Å². The molecule has 2 aromatic heterocycles. The van der Waals surface area contributed by atoms with Crippen molar-refractivity contribution in [1.29, 1.82) is 0 Å². The molecule has 1 saturated heterocycles. The molecule has 0 unspecified atom stereocenters. The molecule has 0 spiro atoms. The Labute approximate surface area is 171 Å². The van der Waals surface area contributed by atoms with Gasteiger partial charge in [-0.05, 0) is 37.6 Å². The first-order chi connectivity index (χ1) is 14.2. The zero-order valence-electron chi connectivity index (χ0n) is 17.0. The number of aryl methyl sites for hydroxylation is 1. The first-order valence-electron chi connectivity index (χ1n) is 10.0. The fourth-order valence-corrected chi connectivity index (χ4v) is 3.87. The van der Waals surface area contributed by atoms with E-state index in [1.54, 1.807) is 7.11 Å². The number of carbonyl (C=O) groups excluding carboxylic acids is 1. The van der Waals surface area contributed by atoms with Gasteiger partial charge in [-0.3, -0.25) is 14.7 Å². The third-order valence-corrected chi connectivity index (χ3v) is 5.44. The van der Waals surface area contributed by atoms with Gasteiger partial charge in [-0.1, -0.05) is 18.2 Å². The standard InChI is InChI=1S/C23H26N4O2/c1-17-20(15-18-7-5-9-21(29-2)22(18)25-17)23(28)27-12-6-11-26(13-14-27)16-19-8-3-4-10-24-19/h3-5,7-10,15H,6,11-14,16H2,1-2H3. The minimum atomic E-state index is 0.0550. The molecular formula is C23H26N4O2. The topological polar surface area (TPSA) is 58.6 Å². The number of hydrogen-bond donors (Lipinski definition) is 0. The number of nitrogens with zero attached hydrogens (tertiary/aromatic N) is 4. The number of carbonyl (C=O) groups is 1. The Morgan fingerprint density at radius 3 is 2.79 bits per heavy atom. The van der Waals surface area contributed by atoms with Gasteiger partial charge in [0.1, 0.15) is 11.3 Å². The average Bonchev–Trinajstić information content (AvgIpc) is 2.98. The van der Waals surface area contributed by atoms with Crippen molar-refractivity contribution < 1.29 is 9.53 Å². The number of pyridine rings is 2. The molecule has 3 aromatic rings. The van der Waals surface area contributed by atoms with Crippen LogP contribution in [-0.4, -0.2) is 59.0 Å². The second-order valence-electron chi connectivity index (χ2n) is 7.40. The summed E-state index contributed by atoms with van der Waals surface area (Å²) in [4.78, 5) is 26.7. The largest absolute Gasteiger partial charge is 0.494 e. The van der Waals surface area contributed by atoms with E-state index in [-0.39, 0.29) is 5.91 Å². The molecule has 3 heterocycles. The van der Waals surface area contributed by atoms with Crippen LogP contribution in [0.25, 0.3) is 10.9 Å². The van der Waals surface area contributed by atoms with Crippen LogP contribution >= 0.6 is 0 Å². The summed E-state index contributed by atoms with van der Waals surface area (Å²) in [7, 11) is 1.64. The van der Waals surface area contributed by atoms with Gasteiger partial charge in [0.15, 0.2) is 0 Å². The summed E-state index contributed by atoms with van der Waals surface area (Å²) in [5.41, 5.74) is 3.27. The number of para-hydroxylation sites is 1. The van der Waals surface area contributed by atoms with Crippen molar-refractivity contribution in [1.82, 2.24) is 19.8 Å². The summed E-state index contributed by atoms with van der Waals surface area (Å²) in [6.07, 6.45) is 2.78. The van der Waals surface area contributed by atoms with Crippen molar-refractivity contribution in [2.75, 3.05) is 33.3 Å². The van der Waals surface area contributed by atoms with Crippen molar-refractivity contribution in [3.63, 3.8) is 0 Å². The van der Waals surface area contributed by atoms with Gasteiger partial charge < -0.3 is 9.64 Å². The van der Waals surface area contributed by atoms with E-state index in [2.05, 4.69) is 14.9 Å². The van der Waals surface area contributed by atoms with E-state index in [9.17, 15) is 4.79 Å². The average molecular weight is 390 g/mol. The molecule has 0 atom stereocenters. The summed E-state index contributed by atoms with van der Waals surface area (Å²) in [5.74, 6) is 0.781. The Kier molecular flexibility index (Phi) is 5.71. The molecular weight excluding hydrogens is 364 g/mol. The van der Waals surface area contributed by atoms with Crippen LogP contribution in [0.1, 0.15) is 28.2 Å². The lowest BCUT2D eigenvalue weighted by Crippen LogP contribution is -2.35. The Morgan fingerprint density at radius 2 is 2.00 bits per heavy atom. The van der Waals surface area contributed by atoms with Crippen molar-refractivity contribution in [2.24, 2.45) is 0 Å². The highest BCUT2D eigenvalue weighted by molar-refractivity contribution is 5.99. The van der Waals surface area contributed by atoms with Crippen LogP contribution in [0.5, 0.6) is 5.75 Å². The van der Waals surface area contributed by atoms with Gasteiger partial charge in [-0.25, -0.2) is 4.98 Å². The van der Waals surface area contributed by atoms with Crippen LogP contribution < -0.4 is 4.74 Å². The molecule has 0 radical (unpaired) electrons. The molecule has 0 aliphatic carbocycles. The van der Waals surface area contributed by atoms with E-state index in [1.165, 1.54) is 0 Å². The zero-order chi connectivity index (χ0) is 20.2. The molecule has 0 N–H and O–H groups in total. The monoisotopic (exact) mass is 390 g/mol. The van der Waals surface area contributed by atoms with Gasteiger partial charge in [0.25, 0.3) is 5.91 Å². The summed E-state index contributed by atoms with van der Waals surface area (Å²) in [6.45, 7) is 5.99. The van der Waals surface area contributed by atoms with Crippen molar-refractivity contribution in [2.45, 2.75) is 19.9 Å². The van der Waals surface area contributed by atoms with Crippen molar-refractivity contribution >= 4 is 16.8 Å². The zero-order valence-corrected chi connectivity index (χ0v) is 17.0. The molecule has 1 aliphatic heterocycles. The van der Waals surface area contributed by atoms with Crippen LogP contribution in [-0.2, 0) is 6.54 Å². The van der Waals surface area contributed by atoms with Crippen LogP contribution in [0, 0.1) is 6.92 Å². The van der Waals surface area contributed by atoms with Crippen LogP contribution in [0.2, 0.25) is 0 Å². The smallest absolute Gasteiger partial charge is 0.255 e. The number of rotatable bonds is 4. The number of hydrogen-bond acceptors (Lipinski definition) is 5. The highest BCUT2D eigenvalue weighted by Gasteiger charge is 2.23. The number of fused-ring (bicyclic) bond motifs is 1. The Bertz CT molecular complexity index is 1010. The third-order valence-electron chi connectivity index (χ3n) is 5.44. The minimum Gasteiger partial charge on any atom is -0.494 e. The second kappa shape index (κ2) is 8.57. The van der Waals surface area contributed by atoms with Gasteiger partial charge in [-0.15, -0.1) is 0 Å². The summed E-state index contributed by atoms with van der Waals surface area (Å²) < 4.78 is 5.41. The van der Waals surface area contributed by atoms with Gasteiger partial charge in [-0.2, -0.15) is 0 Å². The van der Waals surface area contributed by atoms with Crippen LogP contribution in [0.15, 0.2) is 48.7 Å². The fourth-order valence-electron chi connectivity index (χ4n) is 3.87. The number of ether oxygens (including phenoxy) is 1. The Hall–Kier alpha value is -2.99. The number of methoxy groups -OCH3 is 1. The van der Waals surface area contributed by atoms with E-state index in [0.717, 1.165) is 60.6 Å². The molecule has 0 saturated carbocycles. The lowest BCUT2D eigenvalue weighted by Gasteiger charge is -2.22. The minimum absolute atomic E-state index is 0.0550. The molecule has 1 aromatic carbocycles. The molecule has 150 valence electrons. The summed E-state index contributed by atoms with van der Waals surface area (Å²) in [5, 5.41) is 0.921. The molecule has 1 aliphatic rings. The van der Waals surface area contributed by atoms with Gasteiger partial charge in [0.05, 0.1) is 24.1 Å². The first kappa shape index (κ1) is 19.3. The fraction of sp³-hybridized carbons (Fsp3) is 0.348. The molecule has 6 nitrogen and oxygen atoms in total. The second-order valence-corrected chi connectivity index (χ2v) is 7.40. The molecule has 0 bridgehead atoms. The third kappa shape index (κ3) is 4.22. The maximum absolute atomic E-state index is 13.3. The molecule has 1 fully saturated rings. The lowest BCUT2D eigenvalue weighted by atomic mass is 10.1. The van der Waals surface area contributed by atoms with E-state index in [1.807, 2.05) is 60.5 Å². The van der Waals surface area contributed by atoms with Crippen molar-refractivity contribution in [3.8, 4) is 5.75 Å². The van der Waals surface area contributed by atoms with Gasteiger partial charge in [0.2, 0.25) is 0 Å². The highest BCUT2D eigenvalue weighted by Crippen LogP contribution is 2.26. The summed E-state index contributed by atoms with van der Waals surface area (Å²) in [6, 6.07) is 13.7. The van der Waals surface area contributed by atoms with E-state index >= 15 is 0 Å². The first-order valence-corrected chi connectivity index (χ1v) is 10.0. The quantitative estimate of drug-likeness (QED) is 0.684. The molecule has 4 rings (SSSR count). The number of aromatic nitrogens is 2. The lowest BCUT2D eigenvalue weighted by molar-refractivity contribution is 0.0760. The van der Waals surface area contributed by atoms with E-state index in [4.69, 9.17) is 4.74 Å². The predicted octanol–water partition coefficient (Wildman–Crippen LogP) is 3.29. The van der Waals surface area contributed by atoms with Gasteiger partial charge >= 0.3 is 0 Å². The predicted molar refractivity (Wildman–Crippen MR) is 113 cm³/mol. The molecule has 1 amide bonds.